The SMILES string of the molecule is NC(=O)/C(=C1\Nc2ccc(CO)cc2N1)c1nccc(C(F)(F)F)n1. The molecule has 0 unspecified atom stereocenters. The third kappa shape index (κ3) is 3.24. The summed E-state index contributed by atoms with van der Waals surface area (Å²) in [6, 6.07) is 5.62. The molecule has 1 aromatic carbocycles. The van der Waals surface area contributed by atoms with E-state index in [9.17, 15) is 18.0 Å². The summed E-state index contributed by atoms with van der Waals surface area (Å²) in [5, 5.41) is 14.8. The monoisotopic (exact) mass is 351 g/mol. The highest BCUT2D eigenvalue weighted by molar-refractivity contribution is 6.20. The van der Waals surface area contributed by atoms with Crippen LogP contribution in [0.3, 0.4) is 0 Å². The van der Waals surface area contributed by atoms with Gasteiger partial charge in [-0.05, 0) is 23.8 Å². The number of primary amides is 1. The molecule has 25 heavy (non-hydrogen) atoms. The van der Waals surface area contributed by atoms with E-state index < -0.39 is 23.6 Å². The van der Waals surface area contributed by atoms with E-state index in [0.717, 1.165) is 6.20 Å². The number of fused-ring (bicyclic) bond motifs is 1. The average molecular weight is 351 g/mol. The predicted octanol–water partition coefficient (Wildman–Crippen LogP) is 1.68. The van der Waals surface area contributed by atoms with Gasteiger partial charge in [-0.15, -0.1) is 0 Å². The maximum absolute atomic E-state index is 12.8. The van der Waals surface area contributed by atoms with Gasteiger partial charge >= 0.3 is 6.18 Å². The van der Waals surface area contributed by atoms with Crippen molar-refractivity contribution in [2.75, 3.05) is 10.6 Å². The highest BCUT2D eigenvalue weighted by Gasteiger charge is 2.34. The molecule has 0 atom stereocenters. The lowest BCUT2D eigenvalue weighted by atomic mass is 10.2. The Morgan fingerprint density at radius 1 is 1.20 bits per heavy atom. The molecule has 1 aliphatic rings. The highest BCUT2D eigenvalue weighted by Crippen LogP contribution is 2.34. The van der Waals surface area contributed by atoms with E-state index in [0.29, 0.717) is 23.0 Å². The Bertz CT molecular complexity index is 880. The molecule has 0 fully saturated rings. The Morgan fingerprint density at radius 2 is 1.92 bits per heavy atom. The minimum Gasteiger partial charge on any atom is -0.392 e. The summed E-state index contributed by atoms with van der Waals surface area (Å²) in [6.07, 6.45) is -3.78. The number of amides is 1. The van der Waals surface area contributed by atoms with Gasteiger partial charge in [0.15, 0.2) is 5.82 Å². The number of carbonyl (C=O) groups is 1. The molecule has 1 aromatic heterocycles. The van der Waals surface area contributed by atoms with Crippen molar-refractivity contribution in [1.29, 1.82) is 0 Å². The van der Waals surface area contributed by atoms with Crippen molar-refractivity contribution < 1.29 is 23.1 Å². The summed E-state index contributed by atoms with van der Waals surface area (Å²) in [4.78, 5) is 18.9. The van der Waals surface area contributed by atoms with Crippen LogP contribution in [-0.2, 0) is 17.6 Å². The van der Waals surface area contributed by atoms with E-state index in [-0.39, 0.29) is 18.0 Å². The topological polar surface area (TPSA) is 113 Å². The largest absolute Gasteiger partial charge is 0.433 e. The number of halogens is 3. The van der Waals surface area contributed by atoms with E-state index >= 15 is 0 Å². The molecule has 1 amide bonds. The molecule has 2 aromatic rings. The van der Waals surface area contributed by atoms with Gasteiger partial charge in [0.25, 0.3) is 5.91 Å². The first-order chi connectivity index (χ1) is 11.8. The number of hydrogen-bond acceptors (Lipinski definition) is 6. The maximum Gasteiger partial charge on any atom is 0.433 e. The number of nitrogens with two attached hydrogens (primary N) is 1. The summed E-state index contributed by atoms with van der Waals surface area (Å²) < 4.78 is 38.5. The van der Waals surface area contributed by atoms with Gasteiger partial charge in [0.2, 0.25) is 0 Å². The zero-order chi connectivity index (χ0) is 18.2. The van der Waals surface area contributed by atoms with Gasteiger partial charge in [0, 0.05) is 6.20 Å². The number of rotatable bonds is 3. The third-order valence-electron chi connectivity index (χ3n) is 3.45. The molecule has 0 radical (unpaired) electrons. The van der Waals surface area contributed by atoms with Gasteiger partial charge < -0.3 is 21.5 Å². The Morgan fingerprint density at radius 3 is 2.56 bits per heavy atom. The molecule has 0 saturated carbocycles. The van der Waals surface area contributed by atoms with Crippen LogP contribution >= 0.6 is 0 Å². The molecule has 3 rings (SSSR count). The van der Waals surface area contributed by atoms with Gasteiger partial charge in [-0.1, -0.05) is 6.07 Å². The third-order valence-corrected chi connectivity index (χ3v) is 3.45. The van der Waals surface area contributed by atoms with Crippen molar-refractivity contribution in [2.45, 2.75) is 12.8 Å². The molecular weight excluding hydrogens is 339 g/mol. The van der Waals surface area contributed by atoms with Crippen LogP contribution in [0.15, 0.2) is 36.3 Å². The van der Waals surface area contributed by atoms with Crippen LogP contribution < -0.4 is 16.4 Å². The van der Waals surface area contributed by atoms with Crippen LogP contribution in [0, 0.1) is 0 Å². The summed E-state index contributed by atoms with van der Waals surface area (Å²) >= 11 is 0. The molecule has 1 aliphatic heterocycles. The first kappa shape index (κ1) is 16.7. The normalized spacial score (nSPS) is 15.2. The summed E-state index contributed by atoms with van der Waals surface area (Å²) in [5.41, 5.74) is 5.54. The number of anilines is 2. The van der Waals surface area contributed by atoms with E-state index in [2.05, 4.69) is 20.6 Å². The molecule has 10 heteroatoms. The average Bonchev–Trinajstić information content (AvgIpc) is 2.96. The minimum absolute atomic E-state index is 0.0666. The van der Waals surface area contributed by atoms with Crippen LogP contribution in [0.5, 0.6) is 0 Å². The number of alkyl halides is 3. The summed E-state index contributed by atoms with van der Waals surface area (Å²) in [6.45, 7) is -0.187. The van der Waals surface area contributed by atoms with Crippen LogP contribution in [0.2, 0.25) is 0 Å². The van der Waals surface area contributed by atoms with Gasteiger partial charge in [-0.3, -0.25) is 4.79 Å². The van der Waals surface area contributed by atoms with E-state index in [1.54, 1.807) is 18.2 Å². The second-order valence-corrected chi connectivity index (χ2v) is 5.17. The van der Waals surface area contributed by atoms with Crippen LogP contribution in [-0.4, -0.2) is 21.0 Å². The Hall–Kier alpha value is -3.14. The molecule has 130 valence electrons. The first-order valence-electron chi connectivity index (χ1n) is 7.02. The lowest BCUT2D eigenvalue weighted by Crippen LogP contribution is -2.21. The van der Waals surface area contributed by atoms with Gasteiger partial charge in [0.05, 0.1) is 18.0 Å². The zero-order valence-corrected chi connectivity index (χ0v) is 12.6. The summed E-state index contributed by atoms with van der Waals surface area (Å²) in [7, 11) is 0. The highest BCUT2D eigenvalue weighted by atomic mass is 19.4. The van der Waals surface area contributed by atoms with E-state index in [1.807, 2.05) is 0 Å². The fourth-order valence-corrected chi connectivity index (χ4v) is 2.31. The predicted molar refractivity (Wildman–Crippen MR) is 82.8 cm³/mol. The number of carbonyl (C=O) groups excluding carboxylic acids is 1. The minimum atomic E-state index is -4.68. The van der Waals surface area contributed by atoms with Crippen LogP contribution in [0.1, 0.15) is 17.1 Å². The van der Waals surface area contributed by atoms with Crippen molar-refractivity contribution in [3.05, 3.63) is 53.4 Å². The van der Waals surface area contributed by atoms with Gasteiger partial charge in [-0.25, -0.2) is 9.97 Å². The number of aliphatic hydroxyl groups is 1. The standard InChI is InChI=1S/C15H12F3N5O2/c16-15(17,18)10-3-4-20-13(23-10)11(12(19)25)14-21-8-2-1-7(6-24)5-9(8)22-14/h1-5,21-22,24H,6H2,(H2,19,25)/b14-11-. The van der Waals surface area contributed by atoms with E-state index in [1.165, 1.54) is 0 Å². The number of benzene rings is 1. The quantitative estimate of drug-likeness (QED) is 0.626. The van der Waals surface area contributed by atoms with E-state index in [4.69, 9.17) is 10.8 Å². The molecule has 0 aliphatic carbocycles. The maximum atomic E-state index is 12.8. The first-order valence-corrected chi connectivity index (χ1v) is 7.02. The second-order valence-electron chi connectivity index (χ2n) is 5.17. The van der Waals surface area contributed by atoms with Crippen molar-refractivity contribution in [3.63, 3.8) is 0 Å². The Labute approximate surface area is 139 Å². The molecule has 0 bridgehead atoms. The number of aromatic nitrogens is 2. The van der Waals surface area contributed by atoms with Crippen molar-refractivity contribution in [2.24, 2.45) is 5.73 Å². The molecule has 7 nitrogen and oxygen atoms in total. The molecule has 0 saturated heterocycles. The Kier molecular flexibility index (Phi) is 4.05. The van der Waals surface area contributed by atoms with Crippen molar-refractivity contribution in [3.8, 4) is 0 Å². The van der Waals surface area contributed by atoms with Crippen molar-refractivity contribution >= 4 is 22.9 Å². The van der Waals surface area contributed by atoms with Crippen LogP contribution in [0.4, 0.5) is 24.5 Å². The number of nitrogens with zero attached hydrogens (tertiary/aromatic N) is 2. The summed E-state index contributed by atoms with van der Waals surface area (Å²) in [5.74, 6) is -1.38. The van der Waals surface area contributed by atoms with Gasteiger partial charge in [-0.2, -0.15) is 13.2 Å². The molecule has 2 heterocycles. The second kappa shape index (κ2) is 6.06. The van der Waals surface area contributed by atoms with Crippen LogP contribution in [0.25, 0.3) is 5.57 Å². The smallest absolute Gasteiger partial charge is 0.392 e. The fraction of sp³-hybridized carbons (Fsp3) is 0.133. The molecule has 5 N–H and O–H groups in total. The van der Waals surface area contributed by atoms with Crippen molar-refractivity contribution in [1.82, 2.24) is 9.97 Å². The number of aliphatic hydroxyl groups excluding tert-OH is 1. The van der Waals surface area contributed by atoms with Gasteiger partial charge in [0.1, 0.15) is 17.1 Å². The lowest BCUT2D eigenvalue weighted by Gasteiger charge is -2.10. The number of nitrogens with one attached hydrogen (secondary N) is 2. The fourth-order valence-electron chi connectivity index (χ4n) is 2.31. The molecular formula is C15H12F3N5O2. The Balaban J connectivity index is 2.06. The molecule has 0 spiro atoms. The lowest BCUT2D eigenvalue weighted by molar-refractivity contribution is -0.141. The number of hydrogen-bond donors (Lipinski definition) is 4. The zero-order valence-electron chi connectivity index (χ0n) is 12.6.